The third kappa shape index (κ3) is 2.68. The molecule has 1 atom stereocenters. The predicted octanol–water partition coefficient (Wildman–Crippen LogP) is 1.91. The number of hydrogen-bond acceptors (Lipinski definition) is 3. The van der Waals surface area contributed by atoms with E-state index >= 15 is 0 Å². The lowest BCUT2D eigenvalue weighted by Gasteiger charge is -2.16. The van der Waals surface area contributed by atoms with Crippen LogP contribution in [0.2, 0.25) is 5.02 Å². The highest BCUT2D eigenvalue weighted by molar-refractivity contribution is 6.30. The molecule has 6 heteroatoms. The van der Waals surface area contributed by atoms with E-state index in [2.05, 4.69) is 5.43 Å². The number of ether oxygens (including phenoxy) is 1. The molecule has 0 saturated heterocycles. The van der Waals surface area contributed by atoms with E-state index in [-0.39, 0.29) is 6.42 Å². The van der Waals surface area contributed by atoms with Crippen LogP contribution in [0.3, 0.4) is 0 Å². The number of alkyl halides is 2. The summed E-state index contributed by atoms with van der Waals surface area (Å²) in [6.07, 6.45) is -1.67. The second-order valence-corrected chi connectivity index (χ2v) is 4.40. The number of nitrogens with one attached hydrogen (secondary N) is 1. The number of fused-ring (bicyclic) bond motifs is 1. The average Bonchev–Trinajstić information content (AvgIpc) is 2.72. The monoisotopic (exact) mass is 262 g/mol. The van der Waals surface area contributed by atoms with Crippen LogP contribution in [0.5, 0.6) is 5.75 Å². The molecule has 1 heterocycles. The summed E-state index contributed by atoms with van der Waals surface area (Å²) < 4.78 is 30.7. The van der Waals surface area contributed by atoms with Crippen LogP contribution in [0.1, 0.15) is 11.1 Å². The molecule has 0 radical (unpaired) electrons. The molecule has 2 rings (SSSR count). The second-order valence-electron chi connectivity index (χ2n) is 3.96. The van der Waals surface area contributed by atoms with Crippen LogP contribution in [0, 0.1) is 0 Å². The number of hydrazine groups is 1. The lowest BCUT2D eigenvalue weighted by molar-refractivity contribution is 0.0981. The van der Waals surface area contributed by atoms with Crippen molar-refractivity contribution >= 4 is 11.6 Å². The van der Waals surface area contributed by atoms with Crippen molar-refractivity contribution in [1.29, 1.82) is 0 Å². The quantitative estimate of drug-likeness (QED) is 0.644. The summed E-state index contributed by atoms with van der Waals surface area (Å²) in [6, 6.07) is 2.36. The van der Waals surface area contributed by atoms with Crippen LogP contribution in [0.4, 0.5) is 8.78 Å². The molecule has 0 bridgehead atoms. The van der Waals surface area contributed by atoms with Gasteiger partial charge in [-0.15, -0.1) is 0 Å². The normalized spacial score (nSPS) is 15.8. The minimum Gasteiger partial charge on any atom is -0.493 e. The molecule has 0 saturated carbocycles. The fraction of sp³-hybridized carbons (Fsp3) is 0.455. The molecule has 0 aromatic heterocycles. The molecular weight excluding hydrogens is 250 g/mol. The van der Waals surface area contributed by atoms with E-state index in [9.17, 15) is 8.78 Å². The zero-order valence-corrected chi connectivity index (χ0v) is 9.81. The van der Waals surface area contributed by atoms with Crippen molar-refractivity contribution in [2.24, 2.45) is 5.84 Å². The summed E-state index contributed by atoms with van der Waals surface area (Å²) in [4.78, 5) is 0. The summed E-state index contributed by atoms with van der Waals surface area (Å²) in [6.45, 7) is 0.568. The maximum Gasteiger partial charge on any atom is 0.255 e. The van der Waals surface area contributed by atoms with Crippen LogP contribution in [0.15, 0.2) is 12.1 Å². The van der Waals surface area contributed by atoms with E-state index in [1.54, 1.807) is 12.1 Å². The van der Waals surface area contributed by atoms with Crippen LogP contribution in [-0.4, -0.2) is 19.1 Å². The SMILES string of the molecule is NNC(Cc1cc(Cl)cc2c1OCC2)C(F)F. The van der Waals surface area contributed by atoms with Crippen molar-refractivity contribution in [2.45, 2.75) is 25.3 Å². The van der Waals surface area contributed by atoms with Crippen molar-refractivity contribution in [1.82, 2.24) is 5.43 Å². The summed E-state index contributed by atoms with van der Waals surface area (Å²) in [5, 5.41) is 0.536. The Bertz CT molecular complexity index is 415. The highest BCUT2D eigenvalue weighted by Gasteiger charge is 2.24. The van der Waals surface area contributed by atoms with Crippen LogP contribution in [-0.2, 0) is 12.8 Å². The highest BCUT2D eigenvalue weighted by Crippen LogP contribution is 2.33. The molecule has 1 aliphatic rings. The van der Waals surface area contributed by atoms with Gasteiger partial charge in [0.2, 0.25) is 0 Å². The number of benzene rings is 1. The Morgan fingerprint density at radius 2 is 2.24 bits per heavy atom. The third-order valence-electron chi connectivity index (χ3n) is 2.78. The average molecular weight is 263 g/mol. The topological polar surface area (TPSA) is 47.3 Å². The Morgan fingerprint density at radius 1 is 1.47 bits per heavy atom. The largest absolute Gasteiger partial charge is 0.493 e. The van der Waals surface area contributed by atoms with Gasteiger partial charge in [-0.2, -0.15) is 0 Å². The summed E-state index contributed by atoms with van der Waals surface area (Å²) in [7, 11) is 0. The van der Waals surface area contributed by atoms with Crippen molar-refractivity contribution in [3.05, 3.63) is 28.3 Å². The van der Waals surface area contributed by atoms with E-state index in [1.165, 1.54) is 0 Å². The molecule has 1 aromatic carbocycles. The van der Waals surface area contributed by atoms with Gasteiger partial charge in [-0.05, 0) is 29.7 Å². The van der Waals surface area contributed by atoms with Gasteiger partial charge in [0.25, 0.3) is 6.43 Å². The van der Waals surface area contributed by atoms with Gasteiger partial charge >= 0.3 is 0 Å². The first-order chi connectivity index (χ1) is 8.11. The zero-order valence-electron chi connectivity index (χ0n) is 9.05. The molecular formula is C11H13ClF2N2O. The van der Waals surface area contributed by atoms with Gasteiger partial charge in [0.1, 0.15) is 5.75 Å². The molecule has 1 aromatic rings. The van der Waals surface area contributed by atoms with Gasteiger partial charge in [-0.3, -0.25) is 11.3 Å². The van der Waals surface area contributed by atoms with Crippen molar-refractivity contribution in [3.8, 4) is 5.75 Å². The lowest BCUT2D eigenvalue weighted by Crippen LogP contribution is -2.42. The Labute approximate surface area is 103 Å². The molecule has 0 fully saturated rings. The van der Waals surface area contributed by atoms with Crippen LogP contribution < -0.4 is 16.0 Å². The zero-order chi connectivity index (χ0) is 12.4. The van der Waals surface area contributed by atoms with Gasteiger partial charge in [0.15, 0.2) is 0 Å². The van der Waals surface area contributed by atoms with E-state index in [0.29, 0.717) is 22.9 Å². The first-order valence-electron chi connectivity index (χ1n) is 5.30. The second kappa shape index (κ2) is 5.16. The maximum atomic E-state index is 12.6. The van der Waals surface area contributed by atoms with E-state index in [1.807, 2.05) is 0 Å². The number of rotatable bonds is 4. The van der Waals surface area contributed by atoms with Crippen molar-refractivity contribution in [3.63, 3.8) is 0 Å². The van der Waals surface area contributed by atoms with Gasteiger partial charge in [0, 0.05) is 11.4 Å². The molecule has 3 N–H and O–H groups in total. The third-order valence-corrected chi connectivity index (χ3v) is 3.00. The van der Waals surface area contributed by atoms with Crippen LogP contribution >= 0.6 is 11.6 Å². The molecule has 0 spiro atoms. The van der Waals surface area contributed by atoms with E-state index < -0.39 is 12.5 Å². The van der Waals surface area contributed by atoms with E-state index in [4.69, 9.17) is 22.2 Å². The number of nitrogens with two attached hydrogens (primary N) is 1. The lowest BCUT2D eigenvalue weighted by atomic mass is 10.0. The standard InChI is InChI=1S/C11H13ClF2N2O/c12-8-3-6-1-2-17-10(6)7(4-8)5-9(16-15)11(13)14/h3-4,9,11,16H,1-2,5,15H2. The Morgan fingerprint density at radius 3 is 2.88 bits per heavy atom. The molecule has 1 unspecified atom stereocenters. The van der Waals surface area contributed by atoms with Crippen LogP contribution in [0.25, 0.3) is 0 Å². The predicted molar refractivity (Wildman–Crippen MR) is 61.5 cm³/mol. The Kier molecular flexibility index (Phi) is 3.81. The summed E-state index contributed by atoms with van der Waals surface area (Å²) in [5.74, 6) is 5.78. The fourth-order valence-electron chi connectivity index (χ4n) is 1.96. The smallest absolute Gasteiger partial charge is 0.255 e. The van der Waals surface area contributed by atoms with Gasteiger partial charge in [-0.1, -0.05) is 11.6 Å². The van der Waals surface area contributed by atoms with Gasteiger partial charge < -0.3 is 4.74 Å². The molecule has 0 aliphatic carbocycles. The summed E-state index contributed by atoms with van der Waals surface area (Å²) >= 11 is 5.94. The minimum absolute atomic E-state index is 0.0943. The van der Waals surface area contributed by atoms with Gasteiger partial charge in [-0.25, -0.2) is 8.78 Å². The van der Waals surface area contributed by atoms with Crippen molar-refractivity contribution in [2.75, 3.05) is 6.61 Å². The number of halogens is 3. The minimum atomic E-state index is -2.53. The number of hydrogen-bond donors (Lipinski definition) is 2. The summed E-state index contributed by atoms with van der Waals surface area (Å²) in [5.41, 5.74) is 3.76. The fourth-order valence-corrected chi connectivity index (χ4v) is 2.22. The Balaban J connectivity index is 2.26. The molecule has 1 aliphatic heterocycles. The van der Waals surface area contributed by atoms with Crippen molar-refractivity contribution < 1.29 is 13.5 Å². The molecule has 94 valence electrons. The van der Waals surface area contributed by atoms with E-state index in [0.717, 1.165) is 12.0 Å². The molecule has 0 amide bonds. The maximum absolute atomic E-state index is 12.6. The first kappa shape index (κ1) is 12.5. The molecule has 3 nitrogen and oxygen atoms in total. The Hall–Kier alpha value is -0.910. The molecule has 17 heavy (non-hydrogen) atoms. The van der Waals surface area contributed by atoms with Gasteiger partial charge in [0.05, 0.1) is 12.6 Å². The first-order valence-corrected chi connectivity index (χ1v) is 5.68. The highest BCUT2D eigenvalue weighted by atomic mass is 35.5.